The molecule has 0 saturated carbocycles. The van der Waals surface area contributed by atoms with Crippen LogP contribution < -0.4 is 0 Å². The van der Waals surface area contributed by atoms with Crippen LogP contribution in [-0.2, 0) is 6.54 Å². The third-order valence-corrected chi connectivity index (χ3v) is 1.15. The van der Waals surface area contributed by atoms with E-state index < -0.39 is 0 Å². The average Bonchev–Trinajstić information content (AvgIpc) is 2.15. The summed E-state index contributed by atoms with van der Waals surface area (Å²) in [6.45, 7) is 0.735. The van der Waals surface area contributed by atoms with Crippen LogP contribution in [0, 0.1) is 0 Å². The lowest BCUT2D eigenvalue weighted by Crippen LogP contribution is -1.75. The summed E-state index contributed by atoms with van der Waals surface area (Å²) in [5, 5.41) is 3.67. The molecule has 3 nitrogen and oxygen atoms in total. The Labute approximate surface area is 46.0 Å². The van der Waals surface area contributed by atoms with Crippen LogP contribution in [0.15, 0.2) is 15.8 Å². The van der Waals surface area contributed by atoms with Gasteiger partial charge in [0.1, 0.15) is 12.0 Å². The molecule has 0 spiro atoms. The highest BCUT2D eigenvalue weighted by atomic mass is 16.5. The Morgan fingerprint density at radius 2 is 2.62 bits per heavy atom. The second-order valence-electron chi connectivity index (χ2n) is 1.69. The molecular weight excluding hydrogens is 104 g/mol. The summed E-state index contributed by atoms with van der Waals surface area (Å²) < 4.78 is 4.65. The van der Waals surface area contributed by atoms with Crippen molar-refractivity contribution in [1.29, 1.82) is 0 Å². The van der Waals surface area contributed by atoms with Gasteiger partial charge in [-0.05, 0) is 0 Å². The first kappa shape index (κ1) is 3.83. The molecule has 3 heteroatoms. The number of fused-ring (bicyclic) bond motifs is 1. The zero-order valence-electron chi connectivity index (χ0n) is 4.16. The van der Waals surface area contributed by atoms with E-state index in [4.69, 9.17) is 0 Å². The SMILES string of the molecule is C1=NCc2conc21. The zero-order valence-corrected chi connectivity index (χ0v) is 4.16. The number of aromatic nitrogens is 1. The molecule has 0 saturated heterocycles. The van der Waals surface area contributed by atoms with Crippen LogP contribution in [-0.4, -0.2) is 11.4 Å². The summed E-state index contributed by atoms with van der Waals surface area (Å²) in [5.41, 5.74) is 1.97. The molecule has 0 radical (unpaired) electrons. The summed E-state index contributed by atoms with van der Waals surface area (Å²) in [6.07, 6.45) is 3.35. The Bertz CT molecular complexity index is 226. The summed E-state index contributed by atoms with van der Waals surface area (Å²) in [6, 6.07) is 0. The summed E-state index contributed by atoms with van der Waals surface area (Å²) >= 11 is 0. The fraction of sp³-hybridized carbons (Fsp3) is 0.200. The first-order valence-corrected chi connectivity index (χ1v) is 2.40. The van der Waals surface area contributed by atoms with Crippen LogP contribution in [0.1, 0.15) is 11.3 Å². The van der Waals surface area contributed by atoms with Crippen molar-refractivity contribution in [3.05, 3.63) is 17.5 Å². The van der Waals surface area contributed by atoms with Gasteiger partial charge < -0.3 is 4.52 Å². The summed E-state index contributed by atoms with van der Waals surface area (Å²) in [7, 11) is 0. The molecule has 0 bridgehead atoms. The van der Waals surface area contributed by atoms with E-state index in [2.05, 4.69) is 14.7 Å². The largest absolute Gasteiger partial charge is 0.364 e. The maximum Gasteiger partial charge on any atom is 0.129 e. The van der Waals surface area contributed by atoms with Gasteiger partial charge in [-0.25, -0.2) is 0 Å². The maximum absolute atomic E-state index is 4.65. The fourth-order valence-electron chi connectivity index (χ4n) is 0.721. The quantitative estimate of drug-likeness (QED) is 0.488. The summed E-state index contributed by atoms with van der Waals surface area (Å²) in [5.74, 6) is 0. The van der Waals surface area contributed by atoms with Gasteiger partial charge in [0.25, 0.3) is 0 Å². The van der Waals surface area contributed by atoms with E-state index in [1.54, 1.807) is 12.5 Å². The van der Waals surface area contributed by atoms with E-state index in [0.29, 0.717) is 0 Å². The molecular formula is C5H4N2O. The van der Waals surface area contributed by atoms with E-state index in [1.807, 2.05) is 0 Å². The van der Waals surface area contributed by atoms with Crippen molar-refractivity contribution < 1.29 is 4.52 Å². The first-order valence-electron chi connectivity index (χ1n) is 2.40. The molecule has 0 unspecified atom stereocenters. The molecule has 0 aliphatic carbocycles. The van der Waals surface area contributed by atoms with Crippen LogP contribution in [0.25, 0.3) is 0 Å². The molecule has 2 heterocycles. The normalized spacial score (nSPS) is 14.5. The summed E-state index contributed by atoms with van der Waals surface area (Å²) in [4.78, 5) is 3.96. The Balaban J connectivity index is 2.67. The van der Waals surface area contributed by atoms with Crippen molar-refractivity contribution in [1.82, 2.24) is 5.16 Å². The van der Waals surface area contributed by atoms with E-state index >= 15 is 0 Å². The Morgan fingerprint density at radius 1 is 1.62 bits per heavy atom. The van der Waals surface area contributed by atoms with Gasteiger partial charge in [-0.2, -0.15) is 0 Å². The van der Waals surface area contributed by atoms with Crippen molar-refractivity contribution in [2.45, 2.75) is 6.54 Å². The average molecular weight is 108 g/mol. The highest BCUT2D eigenvalue weighted by Crippen LogP contribution is 2.10. The van der Waals surface area contributed by atoms with Gasteiger partial charge in [-0.1, -0.05) is 5.16 Å². The Hall–Kier alpha value is -1.12. The zero-order chi connectivity index (χ0) is 5.40. The lowest BCUT2D eigenvalue weighted by Gasteiger charge is -1.72. The highest BCUT2D eigenvalue weighted by molar-refractivity contribution is 5.81. The minimum atomic E-state index is 0.735. The van der Waals surface area contributed by atoms with Crippen LogP contribution in [0.4, 0.5) is 0 Å². The van der Waals surface area contributed by atoms with Crippen molar-refractivity contribution in [3.8, 4) is 0 Å². The van der Waals surface area contributed by atoms with Crippen LogP contribution in [0.5, 0.6) is 0 Å². The lowest BCUT2D eigenvalue weighted by atomic mass is 10.3. The number of nitrogens with zero attached hydrogens (tertiary/aromatic N) is 2. The lowest BCUT2D eigenvalue weighted by molar-refractivity contribution is 0.417. The Kier molecular flexibility index (Phi) is 0.566. The first-order chi connectivity index (χ1) is 3.97. The van der Waals surface area contributed by atoms with Gasteiger partial charge in [0.15, 0.2) is 0 Å². The van der Waals surface area contributed by atoms with Crippen molar-refractivity contribution in [3.63, 3.8) is 0 Å². The van der Waals surface area contributed by atoms with Crippen molar-refractivity contribution in [2.75, 3.05) is 0 Å². The maximum atomic E-state index is 4.65. The molecule has 1 aliphatic heterocycles. The van der Waals surface area contributed by atoms with Crippen molar-refractivity contribution in [2.24, 2.45) is 4.99 Å². The molecule has 1 aromatic rings. The van der Waals surface area contributed by atoms with Gasteiger partial charge in [-0.3, -0.25) is 4.99 Å². The number of hydrogen-bond donors (Lipinski definition) is 0. The van der Waals surface area contributed by atoms with Gasteiger partial charge in [0.05, 0.1) is 12.8 Å². The number of aliphatic imine (C=N–C) groups is 1. The Morgan fingerprint density at radius 3 is 3.50 bits per heavy atom. The highest BCUT2D eigenvalue weighted by Gasteiger charge is 2.07. The molecule has 8 heavy (non-hydrogen) atoms. The minimum Gasteiger partial charge on any atom is -0.364 e. The predicted molar refractivity (Wildman–Crippen MR) is 27.8 cm³/mol. The number of rotatable bonds is 0. The predicted octanol–water partition coefficient (Wildman–Crippen LogP) is 0.607. The van der Waals surface area contributed by atoms with Gasteiger partial charge in [-0.15, -0.1) is 0 Å². The molecule has 0 aromatic carbocycles. The molecule has 40 valence electrons. The molecule has 2 rings (SSSR count). The third kappa shape index (κ3) is 0.332. The van der Waals surface area contributed by atoms with Crippen LogP contribution in [0.3, 0.4) is 0 Å². The van der Waals surface area contributed by atoms with E-state index in [1.165, 1.54) is 0 Å². The van der Waals surface area contributed by atoms with Crippen LogP contribution >= 0.6 is 0 Å². The topological polar surface area (TPSA) is 38.4 Å². The van der Waals surface area contributed by atoms with Gasteiger partial charge in [0.2, 0.25) is 0 Å². The second-order valence-corrected chi connectivity index (χ2v) is 1.69. The number of hydrogen-bond acceptors (Lipinski definition) is 3. The van der Waals surface area contributed by atoms with E-state index in [0.717, 1.165) is 17.8 Å². The van der Waals surface area contributed by atoms with Gasteiger partial charge in [0, 0.05) is 5.56 Å². The third-order valence-electron chi connectivity index (χ3n) is 1.15. The van der Waals surface area contributed by atoms with Gasteiger partial charge >= 0.3 is 0 Å². The molecule has 0 amide bonds. The molecule has 1 aliphatic rings. The molecule has 0 fully saturated rings. The molecule has 0 atom stereocenters. The van der Waals surface area contributed by atoms with Crippen LogP contribution in [0.2, 0.25) is 0 Å². The minimum absolute atomic E-state index is 0.735. The van der Waals surface area contributed by atoms with E-state index in [-0.39, 0.29) is 0 Å². The standard InChI is InChI=1S/C5H4N2O/c1-4-3-8-7-5(4)2-6-1/h2-3H,1H2. The molecule has 0 N–H and O–H groups in total. The molecule has 1 aromatic heterocycles. The van der Waals surface area contributed by atoms with E-state index in [9.17, 15) is 0 Å². The smallest absolute Gasteiger partial charge is 0.129 e. The van der Waals surface area contributed by atoms with Crippen molar-refractivity contribution >= 4 is 6.21 Å². The monoisotopic (exact) mass is 108 g/mol. The second kappa shape index (κ2) is 1.18. The fourth-order valence-corrected chi connectivity index (χ4v) is 0.721.